The summed E-state index contributed by atoms with van der Waals surface area (Å²) in [6.07, 6.45) is 1.31. The van der Waals surface area contributed by atoms with Gasteiger partial charge in [0.2, 0.25) is 0 Å². The number of aromatic nitrogens is 2. The zero-order valence-electron chi connectivity index (χ0n) is 15.4. The molecule has 1 aromatic heterocycles. The summed E-state index contributed by atoms with van der Waals surface area (Å²) in [5.41, 5.74) is 3.44. The van der Waals surface area contributed by atoms with Crippen LogP contribution < -0.4 is 5.32 Å². The second-order valence-corrected chi connectivity index (χ2v) is 10.6. The molecule has 0 atom stereocenters. The van der Waals surface area contributed by atoms with Gasteiger partial charge in [0, 0.05) is 17.7 Å². The van der Waals surface area contributed by atoms with Crippen LogP contribution in [0.3, 0.4) is 0 Å². The second-order valence-electron chi connectivity index (χ2n) is 8.50. The van der Waals surface area contributed by atoms with E-state index in [-0.39, 0.29) is 23.1 Å². The second kappa shape index (κ2) is 5.82. The van der Waals surface area contributed by atoms with Crippen LogP contribution in [0.5, 0.6) is 0 Å². The van der Waals surface area contributed by atoms with E-state index < -0.39 is 9.84 Å². The molecule has 6 nitrogen and oxygen atoms in total. The average Bonchev–Trinajstić information content (AvgIpc) is 3.02. The zero-order valence-corrected chi connectivity index (χ0v) is 16.2. The van der Waals surface area contributed by atoms with E-state index in [1.807, 2.05) is 28.9 Å². The molecule has 2 aromatic rings. The molecule has 2 aliphatic rings. The third-order valence-electron chi connectivity index (χ3n) is 5.12. The number of aliphatic hydroxyl groups is 1. The Balaban J connectivity index is 1.64. The van der Waals surface area contributed by atoms with Gasteiger partial charge < -0.3 is 10.4 Å². The van der Waals surface area contributed by atoms with Gasteiger partial charge in [-0.1, -0.05) is 6.07 Å². The highest BCUT2D eigenvalue weighted by atomic mass is 32.2. The van der Waals surface area contributed by atoms with E-state index in [2.05, 4.69) is 26.1 Å². The maximum Gasteiger partial charge on any atom is 0.158 e. The van der Waals surface area contributed by atoms with Gasteiger partial charge >= 0.3 is 0 Å². The summed E-state index contributed by atoms with van der Waals surface area (Å²) in [6.45, 7) is 6.29. The molecule has 0 spiro atoms. The van der Waals surface area contributed by atoms with E-state index >= 15 is 0 Å². The van der Waals surface area contributed by atoms with E-state index in [9.17, 15) is 13.5 Å². The van der Waals surface area contributed by atoms with E-state index in [0.29, 0.717) is 5.92 Å². The van der Waals surface area contributed by atoms with Gasteiger partial charge in [-0.3, -0.25) is 0 Å². The molecule has 2 heterocycles. The third-order valence-corrected chi connectivity index (χ3v) is 6.63. The van der Waals surface area contributed by atoms with Gasteiger partial charge in [0.15, 0.2) is 9.84 Å². The first-order valence-corrected chi connectivity index (χ1v) is 10.8. The fraction of sp³-hybridized carbons (Fsp3) is 0.526. The Morgan fingerprint density at radius 3 is 2.50 bits per heavy atom. The van der Waals surface area contributed by atoms with Crippen molar-refractivity contribution in [2.24, 2.45) is 0 Å². The number of aliphatic hydroxyl groups excluding tert-OH is 1. The highest BCUT2D eigenvalue weighted by Crippen LogP contribution is 2.38. The van der Waals surface area contributed by atoms with Crippen molar-refractivity contribution in [3.05, 3.63) is 41.1 Å². The molecule has 26 heavy (non-hydrogen) atoms. The van der Waals surface area contributed by atoms with Crippen molar-refractivity contribution < 1.29 is 13.5 Å². The Kier molecular flexibility index (Phi) is 3.93. The smallest absolute Gasteiger partial charge is 0.158 e. The van der Waals surface area contributed by atoms with Crippen molar-refractivity contribution in [2.75, 3.05) is 5.32 Å². The van der Waals surface area contributed by atoms with Crippen molar-refractivity contribution in [1.29, 1.82) is 0 Å². The lowest BCUT2D eigenvalue weighted by Crippen LogP contribution is -2.28. The number of hydrogen-bond donors (Lipinski definition) is 2. The lowest BCUT2D eigenvalue weighted by molar-refractivity contribution is 0.0728. The molecule has 1 aromatic carbocycles. The van der Waals surface area contributed by atoms with Crippen LogP contribution in [0.25, 0.3) is 0 Å². The fourth-order valence-corrected chi connectivity index (χ4v) is 5.28. The first-order chi connectivity index (χ1) is 12.1. The largest absolute Gasteiger partial charge is 0.393 e. The number of anilines is 2. The Morgan fingerprint density at radius 2 is 1.85 bits per heavy atom. The Hall–Kier alpha value is -1.86. The third kappa shape index (κ3) is 3.25. The minimum Gasteiger partial charge on any atom is -0.393 e. The number of fused-ring (bicyclic) bond motifs is 1. The maximum absolute atomic E-state index is 11.8. The molecule has 0 saturated heterocycles. The lowest BCUT2D eigenvalue weighted by Gasteiger charge is -2.30. The first kappa shape index (κ1) is 17.5. The summed E-state index contributed by atoms with van der Waals surface area (Å²) < 4.78 is 25.6. The first-order valence-electron chi connectivity index (χ1n) is 8.98. The number of hydrogen-bond acceptors (Lipinski definition) is 5. The van der Waals surface area contributed by atoms with Gasteiger partial charge in [0.05, 0.1) is 28.8 Å². The molecule has 0 bridgehead atoms. The summed E-state index contributed by atoms with van der Waals surface area (Å²) in [5, 5.41) is 17.8. The highest BCUT2D eigenvalue weighted by Gasteiger charge is 2.32. The maximum atomic E-state index is 11.8. The highest BCUT2D eigenvalue weighted by molar-refractivity contribution is 7.90. The summed E-state index contributed by atoms with van der Waals surface area (Å²) in [4.78, 5) is 0. The molecule has 4 rings (SSSR count). The SMILES string of the molecule is CC(C)(C)n1nc(C2CC(O)C2)cc1Nc1ccc2c(c1)CS(=O)(=O)C2. The van der Waals surface area contributed by atoms with Crippen LogP contribution in [0.2, 0.25) is 0 Å². The predicted octanol–water partition coefficient (Wildman–Crippen LogP) is 3.05. The minimum atomic E-state index is -3.00. The standard InChI is InChI=1S/C19H25N3O3S/c1-19(2,3)22-18(9-17(21-22)13-7-16(23)8-13)20-15-5-4-12-10-26(24,25)11-14(12)6-15/h4-6,9,13,16,20,23H,7-8,10-11H2,1-3H3. The van der Waals surface area contributed by atoms with Crippen molar-refractivity contribution in [3.8, 4) is 0 Å². The van der Waals surface area contributed by atoms with Gasteiger partial charge in [-0.05, 0) is 56.9 Å². The number of sulfone groups is 1. The molecule has 140 valence electrons. The lowest BCUT2D eigenvalue weighted by atomic mass is 9.80. The monoisotopic (exact) mass is 375 g/mol. The molecule has 1 saturated carbocycles. The molecule has 7 heteroatoms. The molecule has 2 N–H and O–H groups in total. The van der Waals surface area contributed by atoms with Gasteiger partial charge in [0.1, 0.15) is 5.82 Å². The van der Waals surface area contributed by atoms with Crippen LogP contribution in [-0.4, -0.2) is 29.4 Å². The number of nitrogens with zero attached hydrogens (tertiary/aromatic N) is 2. The zero-order chi connectivity index (χ0) is 18.7. The van der Waals surface area contributed by atoms with Gasteiger partial charge in [0.25, 0.3) is 0 Å². The average molecular weight is 375 g/mol. The molecule has 1 fully saturated rings. The summed E-state index contributed by atoms with van der Waals surface area (Å²) in [5.74, 6) is 1.44. The minimum absolute atomic E-state index is 0.113. The molecule has 1 aliphatic carbocycles. The summed E-state index contributed by atoms with van der Waals surface area (Å²) in [7, 11) is -3.00. The van der Waals surface area contributed by atoms with Crippen LogP contribution in [0.4, 0.5) is 11.5 Å². The van der Waals surface area contributed by atoms with Crippen molar-refractivity contribution >= 4 is 21.3 Å². The van der Waals surface area contributed by atoms with Crippen LogP contribution in [-0.2, 0) is 26.9 Å². The van der Waals surface area contributed by atoms with Crippen molar-refractivity contribution in [1.82, 2.24) is 9.78 Å². The van der Waals surface area contributed by atoms with E-state index in [1.165, 1.54) is 0 Å². The molecule has 0 unspecified atom stereocenters. The van der Waals surface area contributed by atoms with Gasteiger partial charge in [-0.2, -0.15) is 5.10 Å². The van der Waals surface area contributed by atoms with E-state index in [4.69, 9.17) is 5.10 Å². The Labute approximate surface area is 154 Å². The summed E-state index contributed by atoms with van der Waals surface area (Å²) in [6, 6.07) is 7.79. The van der Waals surface area contributed by atoms with Crippen LogP contribution in [0.15, 0.2) is 24.3 Å². The van der Waals surface area contributed by atoms with Crippen LogP contribution >= 0.6 is 0 Å². The number of benzene rings is 1. The normalized spacial score (nSPS) is 24.2. The van der Waals surface area contributed by atoms with Gasteiger partial charge in [-0.15, -0.1) is 0 Å². The predicted molar refractivity (Wildman–Crippen MR) is 101 cm³/mol. The molecule has 1 aliphatic heterocycles. The van der Waals surface area contributed by atoms with Crippen LogP contribution in [0.1, 0.15) is 56.4 Å². The molecular formula is C19H25N3O3S. The molecule has 0 amide bonds. The van der Waals surface area contributed by atoms with E-state index in [1.54, 1.807) is 0 Å². The Bertz CT molecular complexity index is 951. The topological polar surface area (TPSA) is 84.2 Å². The van der Waals surface area contributed by atoms with Crippen molar-refractivity contribution in [3.63, 3.8) is 0 Å². The quantitative estimate of drug-likeness (QED) is 0.861. The van der Waals surface area contributed by atoms with Crippen LogP contribution in [0, 0.1) is 0 Å². The van der Waals surface area contributed by atoms with E-state index in [0.717, 1.165) is 41.2 Å². The summed E-state index contributed by atoms with van der Waals surface area (Å²) >= 11 is 0. The molecular weight excluding hydrogens is 350 g/mol. The molecule has 0 radical (unpaired) electrons. The number of rotatable bonds is 3. The number of nitrogens with one attached hydrogen (secondary N) is 1. The van der Waals surface area contributed by atoms with Gasteiger partial charge in [-0.25, -0.2) is 13.1 Å². The Morgan fingerprint density at radius 1 is 1.15 bits per heavy atom. The fourth-order valence-electron chi connectivity index (χ4n) is 3.68. The van der Waals surface area contributed by atoms with Crippen molar-refractivity contribution in [2.45, 2.75) is 62.7 Å².